The van der Waals surface area contributed by atoms with Gasteiger partial charge < -0.3 is 10.1 Å². The van der Waals surface area contributed by atoms with E-state index in [1.54, 1.807) is 30.3 Å². The van der Waals surface area contributed by atoms with Gasteiger partial charge in [-0.2, -0.15) is 0 Å². The monoisotopic (exact) mass is 379 g/mol. The zero-order valence-electron chi connectivity index (χ0n) is 10.5. The van der Waals surface area contributed by atoms with Crippen LogP contribution in [0.25, 0.3) is 0 Å². The Morgan fingerprint density at radius 2 is 1.86 bits per heavy atom. The quantitative estimate of drug-likeness (QED) is 0.744. The molecule has 2 nitrogen and oxygen atoms in total. The Hall–Kier alpha value is -1.40. The number of halogens is 5. The van der Waals surface area contributed by atoms with Gasteiger partial charge in [0.2, 0.25) is 0 Å². The Balaban J connectivity index is 2.18. The van der Waals surface area contributed by atoms with Crippen molar-refractivity contribution < 1.29 is 17.9 Å². The molecule has 21 heavy (non-hydrogen) atoms. The van der Waals surface area contributed by atoms with Crippen molar-refractivity contribution in [2.75, 3.05) is 5.32 Å². The lowest BCUT2D eigenvalue weighted by molar-refractivity contribution is -0.274. The summed E-state index contributed by atoms with van der Waals surface area (Å²) in [6.07, 6.45) is -4.75. The first-order valence-corrected chi connectivity index (χ1v) is 7.05. The van der Waals surface area contributed by atoms with Crippen molar-refractivity contribution in [3.63, 3.8) is 0 Å². The molecule has 0 amide bonds. The number of nitrogens with one attached hydrogen (secondary N) is 1. The summed E-state index contributed by atoms with van der Waals surface area (Å²) < 4.78 is 41.7. The van der Waals surface area contributed by atoms with E-state index in [0.717, 1.165) is 5.56 Å². The van der Waals surface area contributed by atoms with Crippen LogP contribution >= 0.6 is 27.5 Å². The van der Waals surface area contributed by atoms with Gasteiger partial charge in [-0.25, -0.2) is 0 Å². The minimum atomic E-state index is -4.75. The van der Waals surface area contributed by atoms with Gasteiger partial charge >= 0.3 is 6.36 Å². The second-order valence-electron chi connectivity index (χ2n) is 4.13. The van der Waals surface area contributed by atoms with Crippen LogP contribution in [0.4, 0.5) is 18.9 Å². The molecule has 1 N–H and O–H groups in total. The summed E-state index contributed by atoms with van der Waals surface area (Å²) in [7, 11) is 0. The Kier molecular flexibility index (Phi) is 5.00. The Bertz CT molecular complexity index is 634. The van der Waals surface area contributed by atoms with Crippen molar-refractivity contribution in [3.8, 4) is 5.75 Å². The molecule has 112 valence electrons. The number of hydrogen-bond acceptors (Lipinski definition) is 2. The molecule has 0 heterocycles. The largest absolute Gasteiger partial charge is 0.573 e. The molecule has 2 aromatic carbocycles. The second kappa shape index (κ2) is 6.58. The van der Waals surface area contributed by atoms with Gasteiger partial charge in [0.25, 0.3) is 0 Å². The van der Waals surface area contributed by atoms with Crippen LogP contribution < -0.4 is 10.1 Å². The van der Waals surface area contributed by atoms with E-state index in [1.807, 2.05) is 0 Å². The van der Waals surface area contributed by atoms with Crippen LogP contribution in [-0.2, 0) is 6.54 Å². The van der Waals surface area contributed by atoms with Crippen molar-refractivity contribution in [2.45, 2.75) is 12.9 Å². The molecular weight excluding hydrogens is 371 g/mol. The Morgan fingerprint density at radius 1 is 1.14 bits per heavy atom. The van der Waals surface area contributed by atoms with Gasteiger partial charge in [0.05, 0.1) is 5.69 Å². The van der Waals surface area contributed by atoms with Crippen LogP contribution in [0.3, 0.4) is 0 Å². The fraction of sp³-hybridized carbons (Fsp3) is 0.143. The molecule has 0 atom stereocenters. The number of alkyl halides is 3. The highest BCUT2D eigenvalue weighted by atomic mass is 79.9. The molecule has 0 aliphatic heterocycles. The summed E-state index contributed by atoms with van der Waals surface area (Å²) in [6.45, 7) is 0.287. The third kappa shape index (κ3) is 4.82. The molecule has 2 rings (SSSR count). The number of rotatable bonds is 4. The minimum Gasteiger partial charge on any atom is -0.404 e. The maximum Gasteiger partial charge on any atom is 0.573 e. The summed E-state index contributed by atoms with van der Waals surface area (Å²) in [5.74, 6) is -0.302. The number of benzene rings is 2. The van der Waals surface area contributed by atoms with Gasteiger partial charge in [0, 0.05) is 16.0 Å². The fourth-order valence-electron chi connectivity index (χ4n) is 1.68. The highest BCUT2D eigenvalue weighted by molar-refractivity contribution is 9.10. The van der Waals surface area contributed by atoms with E-state index in [0.29, 0.717) is 9.50 Å². The van der Waals surface area contributed by atoms with Crippen LogP contribution in [0.5, 0.6) is 5.75 Å². The molecule has 0 spiro atoms. The number of anilines is 1. The third-order valence-corrected chi connectivity index (χ3v) is 3.46. The van der Waals surface area contributed by atoms with E-state index in [-0.39, 0.29) is 18.0 Å². The molecule has 0 aromatic heterocycles. The SMILES string of the molecule is FC(F)(F)Oc1cc(Br)ccc1NCc1ccccc1Cl. The van der Waals surface area contributed by atoms with Crippen molar-refractivity contribution in [2.24, 2.45) is 0 Å². The molecule has 0 saturated heterocycles. The van der Waals surface area contributed by atoms with Gasteiger partial charge in [-0.05, 0) is 29.8 Å². The first-order chi connectivity index (χ1) is 9.85. The summed E-state index contributed by atoms with van der Waals surface area (Å²) in [5.41, 5.74) is 1.01. The predicted octanol–water partition coefficient (Wildman–Crippen LogP) is 5.61. The van der Waals surface area contributed by atoms with E-state index >= 15 is 0 Å². The molecule has 0 bridgehead atoms. The lowest BCUT2D eigenvalue weighted by Gasteiger charge is -2.15. The summed E-state index contributed by atoms with van der Waals surface area (Å²) in [6, 6.07) is 11.5. The van der Waals surface area contributed by atoms with E-state index in [9.17, 15) is 13.2 Å². The van der Waals surface area contributed by atoms with Gasteiger partial charge in [0.1, 0.15) is 0 Å². The maximum absolute atomic E-state index is 12.4. The minimum absolute atomic E-state index is 0.232. The van der Waals surface area contributed by atoms with Gasteiger partial charge in [0.15, 0.2) is 5.75 Å². The van der Waals surface area contributed by atoms with E-state index in [4.69, 9.17) is 11.6 Å². The van der Waals surface area contributed by atoms with Crippen molar-refractivity contribution in [1.82, 2.24) is 0 Å². The molecule has 0 unspecified atom stereocenters. The number of ether oxygens (including phenoxy) is 1. The first kappa shape index (κ1) is 16.0. The third-order valence-electron chi connectivity index (χ3n) is 2.60. The maximum atomic E-state index is 12.4. The zero-order chi connectivity index (χ0) is 15.5. The summed E-state index contributed by atoms with van der Waals surface area (Å²) in [4.78, 5) is 0. The molecule has 0 radical (unpaired) electrons. The van der Waals surface area contributed by atoms with Crippen molar-refractivity contribution in [3.05, 3.63) is 57.5 Å². The Labute approximate surface area is 133 Å². The summed E-state index contributed by atoms with van der Waals surface area (Å²) >= 11 is 9.12. The fourth-order valence-corrected chi connectivity index (χ4v) is 2.23. The predicted molar refractivity (Wildman–Crippen MR) is 79.6 cm³/mol. The van der Waals surface area contributed by atoms with Gasteiger partial charge in [-0.1, -0.05) is 45.7 Å². The van der Waals surface area contributed by atoms with Gasteiger partial charge in [-0.15, -0.1) is 13.2 Å². The molecule has 0 saturated carbocycles. The summed E-state index contributed by atoms with van der Waals surface area (Å²) in [5, 5.41) is 3.43. The van der Waals surface area contributed by atoms with E-state index in [1.165, 1.54) is 12.1 Å². The average molecular weight is 381 g/mol. The topological polar surface area (TPSA) is 21.3 Å². The standard InChI is InChI=1S/C14H10BrClF3NO/c15-10-5-6-12(13(7-10)21-14(17,18)19)20-8-9-3-1-2-4-11(9)16/h1-7,20H,8H2. The lowest BCUT2D eigenvalue weighted by Crippen LogP contribution is -2.18. The molecule has 2 aromatic rings. The first-order valence-electron chi connectivity index (χ1n) is 5.88. The molecule has 0 fully saturated rings. The lowest BCUT2D eigenvalue weighted by atomic mass is 10.2. The smallest absolute Gasteiger partial charge is 0.404 e. The normalized spacial score (nSPS) is 11.3. The van der Waals surface area contributed by atoms with Crippen LogP contribution in [-0.4, -0.2) is 6.36 Å². The van der Waals surface area contributed by atoms with E-state index in [2.05, 4.69) is 26.0 Å². The number of hydrogen-bond donors (Lipinski definition) is 1. The molecule has 7 heteroatoms. The van der Waals surface area contributed by atoms with Crippen LogP contribution in [0.2, 0.25) is 5.02 Å². The van der Waals surface area contributed by atoms with Crippen molar-refractivity contribution in [1.29, 1.82) is 0 Å². The molecular formula is C14H10BrClF3NO. The second-order valence-corrected chi connectivity index (χ2v) is 5.46. The highest BCUT2D eigenvalue weighted by Gasteiger charge is 2.32. The Morgan fingerprint density at radius 3 is 2.52 bits per heavy atom. The van der Waals surface area contributed by atoms with Crippen molar-refractivity contribution >= 4 is 33.2 Å². The van der Waals surface area contributed by atoms with Crippen LogP contribution in [0.15, 0.2) is 46.9 Å². The van der Waals surface area contributed by atoms with Crippen LogP contribution in [0, 0.1) is 0 Å². The van der Waals surface area contributed by atoms with E-state index < -0.39 is 6.36 Å². The average Bonchev–Trinajstić information content (AvgIpc) is 2.38. The molecule has 0 aliphatic rings. The van der Waals surface area contributed by atoms with Gasteiger partial charge in [-0.3, -0.25) is 0 Å². The molecule has 0 aliphatic carbocycles. The van der Waals surface area contributed by atoms with Crippen LogP contribution in [0.1, 0.15) is 5.56 Å². The zero-order valence-corrected chi connectivity index (χ0v) is 12.9. The highest BCUT2D eigenvalue weighted by Crippen LogP contribution is 2.33.